The van der Waals surface area contributed by atoms with E-state index in [4.69, 9.17) is 4.74 Å². The summed E-state index contributed by atoms with van der Waals surface area (Å²) in [6, 6.07) is 2.03. The maximum atomic E-state index is 12.0. The van der Waals surface area contributed by atoms with Crippen molar-refractivity contribution in [3.8, 4) is 0 Å². The molecule has 3 rings (SSSR count). The Morgan fingerprint density at radius 3 is 3.09 bits per heavy atom. The predicted molar refractivity (Wildman–Crippen MR) is 85.9 cm³/mol. The lowest BCUT2D eigenvalue weighted by Crippen LogP contribution is -2.39. The number of hydrogen-bond acceptors (Lipinski definition) is 5. The lowest BCUT2D eigenvalue weighted by atomic mass is 9.97. The minimum Gasteiger partial charge on any atom is -0.469 e. The second kappa shape index (κ2) is 6.44. The molecule has 0 radical (unpaired) electrons. The first-order valence-corrected chi connectivity index (χ1v) is 7.94. The van der Waals surface area contributed by atoms with Crippen LogP contribution >= 0.6 is 0 Å². The molecule has 1 unspecified atom stereocenters. The minimum absolute atomic E-state index is 0.172. The van der Waals surface area contributed by atoms with Crippen LogP contribution in [0.5, 0.6) is 0 Å². The summed E-state index contributed by atoms with van der Waals surface area (Å²) in [5, 5.41) is 11.5. The summed E-state index contributed by atoms with van der Waals surface area (Å²) in [7, 11) is 1.44. The molecule has 1 N–H and O–H groups in total. The summed E-state index contributed by atoms with van der Waals surface area (Å²) in [6.45, 7) is 6.56. The maximum Gasteiger partial charge on any atom is 0.310 e. The second-order valence-corrected chi connectivity index (χ2v) is 6.44. The minimum atomic E-state index is -0.175. The number of nitrogens with one attached hydrogen (secondary N) is 1. The number of nitrogens with zero attached hydrogens (tertiary/aromatic N) is 4. The van der Waals surface area contributed by atoms with Crippen molar-refractivity contribution >= 4 is 11.7 Å². The van der Waals surface area contributed by atoms with Crippen molar-refractivity contribution in [3.63, 3.8) is 0 Å². The average Bonchev–Trinajstić information content (AvgIpc) is 3.15. The summed E-state index contributed by atoms with van der Waals surface area (Å²) < 4.78 is 6.96. The molecule has 1 atom stereocenters. The molecule has 0 spiro atoms. The highest BCUT2D eigenvalue weighted by atomic mass is 16.5. The molecule has 0 aromatic carbocycles. The van der Waals surface area contributed by atoms with E-state index in [1.54, 1.807) is 0 Å². The predicted octanol–water partition coefficient (Wildman–Crippen LogP) is 1.61. The van der Waals surface area contributed by atoms with Crippen LogP contribution in [0.2, 0.25) is 0 Å². The zero-order valence-electron chi connectivity index (χ0n) is 13.8. The molecule has 0 saturated heterocycles. The third kappa shape index (κ3) is 3.23. The third-order valence-electron chi connectivity index (χ3n) is 4.16. The number of carbonyl (C=O) groups excluding carboxylic acids is 1. The number of methoxy groups -OCH3 is 1. The van der Waals surface area contributed by atoms with E-state index in [-0.39, 0.29) is 11.9 Å². The van der Waals surface area contributed by atoms with Gasteiger partial charge in [0.25, 0.3) is 0 Å². The van der Waals surface area contributed by atoms with Crippen molar-refractivity contribution in [1.82, 2.24) is 20.0 Å². The fourth-order valence-electron chi connectivity index (χ4n) is 3.08. The molecule has 0 amide bonds. The average molecular weight is 317 g/mol. The first-order chi connectivity index (χ1) is 11.1. The van der Waals surface area contributed by atoms with Crippen LogP contribution < -0.4 is 4.90 Å². The van der Waals surface area contributed by atoms with Gasteiger partial charge in [0.05, 0.1) is 42.8 Å². The molecule has 1 aliphatic rings. The van der Waals surface area contributed by atoms with E-state index < -0.39 is 0 Å². The SMILES string of the molecule is COC(=O)C1Cc2[nH]ncc2N(Cc2ccnn2CC(C)C)C1. The van der Waals surface area contributed by atoms with E-state index in [0.29, 0.717) is 25.4 Å². The van der Waals surface area contributed by atoms with E-state index >= 15 is 0 Å². The van der Waals surface area contributed by atoms with Gasteiger partial charge in [0.15, 0.2) is 0 Å². The Labute approximate surface area is 135 Å². The zero-order chi connectivity index (χ0) is 16.4. The number of H-pyrrole nitrogens is 1. The molecule has 0 saturated carbocycles. The van der Waals surface area contributed by atoms with Gasteiger partial charge in [-0.25, -0.2) is 0 Å². The number of carbonyl (C=O) groups is 1. The molecule has 7 nitrogen and oxygen atoms in total. The van der Waals surface area contributed by atoms with Crippen molar-refractivity contribution in [2.24, 2.45) is 11.8 Å². The number of anilines is 1. The molecular formula is C16H23N5O2. The van der Waals surface area contributed by atoms with E-state index in [0.717, 1.165) is 23.6 Å². The first-order valence-electron chi connectivity index (χ1n) is 7.94. The summed E-state index contributed by atoms with van der Waals surface area (Å²) in [4.78, 5) is 14.1. The Balaban J connectivity index is 1.82. The van der Waals surface area contributed by atoms with Gasteiger partial charge in [-0.2, -0.15) is 10.2 Å². The number of hydrogen-bond donors (Lipinski definition) is 1. The van der Waals surface area contributed by atoms with Crippen molar-refractivity contribution < 1.29 is 9.53 Å². The topological polar surface area (TPSA) is 76.0 Å². The molecule has 0 bridgehead atoms. The van der Waals surface area contributed by atoms with Crippen LogP contribution in [0.3, 0.4) is 0 Å². The van der Waals surface area contributed by atoms with Crippen LogP contribution in [0.25, 0.3) is 0 Å². The number of fused-ring (bicyclic) bond motifs is 1. The van der Waals surface area contributed by atoms with Crippen LogP contribution in [0.1, 0.15) is 25.2 Å². The Morgan fingerprint density at radius 2 is 2.35 bits per heavy atom. The quantitative estimate of drug-likeness (QED) is 0.848. The van der Waals surface area contributed by atoms with E-state index in [9.17, 15) is 4.79 Å². The zero-order valence-corrected chi connectivity index (χ0v) is 13.8. The number of ether oxygens (including phenoxy) is 1. The fraction of sp³-hybridized carbons (Fsp3) is 0.562. The van der Waals surface area contributed by atoms with Gasteiger partial charge < -0.3 is 9.64 Å². The normalized spacial score (nSPS) is 17.4. The van der Waals surface area contributed by atoms with Gasteiger partial charge in [0, 0.05) is 25.7 Å². The number of aromatic amines is 1. The van der Waals surface area contributed by atoms with Crippen LogP contribution in [0.4, 0.5) is 5.69 Å². The van der Waals surface area contributed by atoms with Crippen molar-refractivity contribution in [3.05, 3.63) is 29.8 Å². The maximum absolute atomic E-state index is 12.0. The summed E-state index contributed by atoms with van der Waals surface area (Å²) in [5.41, 5.74) is 3.18. The Morgan fingerprint density at radius 1 is 1.52 bits per heavy atom. The molecule has 23 heavy (non-hydrogen) atoms. The smallest absolute Gasteiger partial charge is 0.310 e. The lowest BCUT2D eigenvalue weighted by molar-refractivity contribution is -0.145. The van der Waals surface area contributed by atoms with Crippen molar-refractivity contribution in [1.29, 1.82) is 0 Å². The molecule has 0 aliphatic carbocycles. The molecule has 2 aromatic heterocycles. The number of rotatable bonds is 5. The summed E-state index contributed by atoms with van der Waals surface area (Å²) in [5.74, 6) is 0.183. The van der Waals surface area contributed by atoms with Crippen LogP contribution in [-0.4, -0.2) is 39.6 Å². The number of aromatic nitrogens is 4. The molecule has 124 valence electrons. The van der Waals surface area contributed by atoms with Gasteiger partial charge in [-0.3, -0.25) is 14.6 Å². The highest BCUT2D eigenvalue weighted by Crippen LogP contribution is 2.29. The van der Waals surface area contributed by atoms with Crippen LogP contribution in [0.15, 0.2) is 18.5 Å². The second-order valence-electron chi connectivity index (χ2n) is 6.44. The highest BCUT2D eigenvalue weighted by Gasteiger charge is 2.31. The third-order valence-corrected chi connectivity index (χ3v) is 4.16. The van der Waals surface area contributed by atoms with Gasteiger partial charge in [-0.05, 0) is 12.0 Å². The van der Waals surface area contributed by atoms with E-state index in [2.05, 4.69) is 34.0 Å². The summed E-state index contributed by atoms with van der Waals surface area (Å²) in [6.07, 6.45) is 4.30. The van der Waals surface area contributed by atoms with Gasteiger partial charge in [-0.1, -0.05) is 13.8 Å². The molecule has 3 heterocycles. The van der Waals surface area contributed by atoms with E-state index in [1.165, 1.54) is 7.11 Å². The van der Waals surface area contributed by atoms with E-state index in [1.807, 2.05) is 23.1 Å². The van der Waals surface area contributed by atoms with Crippen molar-refractivity contribution in [2.75, 3.05) is 18.6 Å². The first kappa shape index (κ1) is 15.6. The van der Waals surface area contributed by atoms with Gasteiger partial charge in [0.2, 0.25) is 0 Å². The van der Waals surface area contributed by atoms with Crippen LogP contribution in [-0.2, 0) is 29.0 Å². The standard InChI is InChI=1S/C16H23N5O2/c1-11(2)8-21-13(4-5-18-21)10-20-9-12(16(22)23-3)6-14-15(20)7-17-19-14/h4-5,7,11-12H,6,8-10H2,1-3H3,(H,17,19). The molecule has 7 heteroatoms. The Hall–Kier alpha value is -2.31. The van der Waals surface area contributed by atoms with Crippen LogP contribution in [0, 0.1) is 11.8 Å². The summed E-state index contributed by atoms with van der Waals surface area (Å²) >= 11 is 0. The van der Waals surface area contributed by atoms with Gasteiger partial charge in [0.1, 0.15) is 0 Å². The number of esters is 1. The largest absolute Gasteiger partial charge is 0.469 e. The molecule has 2 aromatic rings. The van der Waals surface area contributed by atoms with Crippen molar-refractivity contribution in [2.45, 2.75) is 33.4 Å². The van der Waals surface area contributed by atoms with Gasteiger partial charge in [-0.15, -0.1) is 0 Å². The van der Waals surface area contributed by atoms with Gasteiger partial charge >= 0.3 is 5.97 Å². The Bertz CT molecular complexity index is 676. The Kier molecular flexibility index (Phi) is 4.36. The molecular weight excluding hydrogens is 294 g/mol. The highest BCUT2D eigenvalue weighted by molar-refractivity contribution is 5.75. The lowest BCUT2D eigenvalue weighted by Gasteiger charge is -2.32. The molecule has 1 aliphatic heterocycles. The fourth-order valence-corrected chi connectivity index (χ4v) is 3.08. The molecule has 0 fully saturated rings. The monoisotopic (exact) mass is 317 g/mol.